The molecule has 1 rings (SSSR count). The highest BCUT2D eigenvalue weighted by Gasteiger charge is 2.38. The Balaban J connectivity index is 2.78. The zero-order valence-corrected chi connectivity index (χ0v) is 14.3. The van der Waals surface area contributed by atoms with Crippen molar-refractivity contribution >= 4 is 7.60 Å². The lowest BCUT2D eigenvalue weighted by Crippen LogP contribution is -2.26. The average molecular weight is 318 g/mol. The van der Waals surface area contributed by atoms with E-state index in [4.69, 9.17) is 13.5 Å². The predicted molar refractivity (Wildman–Crippen MR) is 83.5 cm³/mol. The Morgan fingerprint density at radius 2 is 2.00 bits per heavy atom. The molecule has 21 heavy (non-hydrogen) atoms. The van der Waals surface area contributed by atoms with E-state index in [1.807, 2.05) is 14.1 Å². The Labute approximate surface area is 127 Å². The molecule has 1 aromatic heterocycles. The number of hydrogen-bond acceptors (Lipinski definition) is 6. The van der Waals surface area contributed by atoms with Crippen LogP contribution in [0.15, 0.2) is 22.8 Å². The van der Waals surface area contributed by atoms with Crippen LogP contribution in [-0.4, -0.2) is 45.3 Å². The lowest BCUT2D eigenvalue weighted by molar-refractivity contribution is 0.203. The lowest BCUT2D eigenvalue weighted by atomic mass is 10.4. The second-order valence-corrected chi connectivity index (χ2v) is 7.02. The van der Waals surface area contributed by atoms with Gasteiger partial charge >= 0.3 is 7.60 Å². The molecule has 6 nitrogen and oxygen atoms in total. The molecule has 122 valence electrons. The summed E-state index contributed by atoms with van der Waals surface area (Å²) in [4.78, 5) is 2.11. The summed E-state index contributed by atoms with van der Waals surface area (Å²) in [6.45, 7) is 5.91. The summed E-state index contributed by atoms with van der Waals surface area (Å²) >= 11 is 0. The molecule has 0 spiro atoms. The van der Waals surface area contributed by atoms with Gasteiger partial charge in [0, 0.05) is 0 Å². The van der Waals surface area contributed by atoms with Crippen molar-refractivity contribution in [1.82, 2.24) is 10.2 Å². The largest absolute Gasteiger partial charge is 0.467 e. The fourth-order valence-electron chi connectivity index (χ4n) is 2.00. The van der Waals surface area contributed by atoms with Gasteiger partial charge in [-0.05, 0) is 59.6 Å². The van der Waals surface area contributed by atoms with Gasteiger partial charge in [0.1, 0.15) is 5.76 Å². The van der Waals surface area contributed by atoms with Crippen LogP contribution in [0.1, 0.15) is 31.8 Å². The quantitative estimate of drug-likeness (QED) is 0.500. The van der Waals surface area contributed by atoms with Crippen LogP contribution in [0.2, 0.25) is 0 Å². The first-order valence-corrected chi connectivity index (χ1v) is 8.95. The summed E-state index contributed by atoms with van der Waals surface area (Å²) in [5.74, 6) is -0.000325. The second kappa shape index (κ2) is 9.38. The highest BCUT2D eigenvalue weighted by molar-refractivity contribution is 7.54. The Kier molecular flexibility index (Phi) is 8.22. The third kappa shape index (κ3) is 5.93. The van der Waals surface area contributed by atoms with Crippen LogP contribution in [0.3, 0.4) is 0 Å². The maximum Gasteiger partial charge on any atom is 0.355 e. The van der Waals surface area contributed by atoms with E-state index in [2.05, 4.69) is 10.2 Å². The van der Waals surface area contributed by atoms with E-state index in [1.54, 1.807) is 32.2 Å². The number of hydrogen-bond donors (Lipinski definition) is 1. The van der Waals surface area contributed by atoms with Crippen LogP contribution in [0, 0.1) is 0 Å². The van der Waals surface area contributed by atoms with Crippen LogP contribution >= 0.6 is 7.60 Å². The fraction of sp³-hybridized carbons (Fsp3) is 0.714. The predicted octanol–water partition coefficient (Wildman–Crippen LogP) is 3.09. The monoisotopic (exact) mass is 318 g/mol. The fourth-order valence-corrected chi connectivity index (χ4v) is 3.90. The summed E-state index contributed by atoms with van der Waals surface area (Å²) in [5.41, 5.74) is 0. The van der Waals surface area contributed by atoms with Crippen LogP contribution in [0.5, 0.6) is 0 Å². The molecular weight excluding hydrogens is 291 g/mol. The van der Waals surface area contributed by atoms with Crippen molar-refractivity contribution in [3.05, 3.63) is 24.2 Å². The third-order valence-corrected chi connectivity index (χ3v) is 5.17. The summed E-state index contributed by atoms with van der Waals surface area (Å²) in [5, 5.41) is 3.25. The minimum absolute atomic E-state index is 0.327. The maximum atomic E-state index is 13.0. The van der Waals surface area contributed by atoms with Crippen molar-refractivity contribution in [3.63, 3.8) is 0 Å². The van der Waals surface area contributed by atoms with Crippen molar-refractivity contribution in [2.75, 3.05) is 40.4 Å². The molecule has 0 saturated carbocycles. The summed E-state index contributed by atoms with van der Waals surface area (Å²) < 4.78 is 29.2. The molecule has 0 aliphatic carbocycles. The molecule has 0 bridgehead atoms. The van der Waals surface area contributed by atoms with Gasteiger partial charge < -0.3 is 18.4 Å². The molecule has 1 unspecified atom stereocenters. The Hall–Kier alpha value is -0.650. The SMILES string of the molecule is CCOP(=O)(OCC)C(NCCCN(C)C)c1ccco1. The van der Waals surface area contributed by atoms with Gasteiger partial charge in [0.05, 0.1) is 19.5 Å². The van der Waals surface area contributed by atoms with Crippen LogP contribution in [-0.2, 0) is 13.6 Å². The van der Waals surface area contributed by atoms with Gasteiger partial charge in [-0.1, -0.05) is 0 Å². The smallest absolute Gasteiger partial charge is 0.355 e. The first-order chi connectivity index (χ1) is 10.0. The first-order valence-electron chi connectivity index (χ1n) is 7.33. The number of nitrogens with one attached hydrogen (secondary N) is 1. The molecule has 0 radical (unpaired) electrons. The second-order valence-electron chi connectivity index (χ2n) is 4.90. The minimum atomic E-state index is -3.30. The normalized spacial score (nSPS) is 13.8. The third-order valence-electron chi connectivity index (χ3n) is 2.87. The molecule has 0 aliphatic heterocycles. The van der Waals surface area contributed by atoms with Gasteiger partial charge in [0.15, 0.2) is 5.78 Å². The Bertz CT molecular complexity index is 413. The zero-order chi connectivity index (χ0) is 15.7. The standard InChI is InChI=1S/C14H27N2O4P/c1-5-19-21(17,20-6-2)14(13-9-7-12-18-13)15-10-8-11-16(3)4/h7,9,12,14-15H,5-6,8,10-11H2,1-4H3. The molecule has 0 aromatic carbocycles. The van der Waals surface area contributed by atoms with E-state index in [0.29, 0.717) is 25.5 Å². The van der Waals surface area contributed by atoms with E-state index in [-0.39, 0.29) is 0 Å². The summed E-state index contributed by atoms with van der Waals surface area (Å²) in [7, 11) is 0.746. The van der Waals surface area contributed by atoms with Crippen LogP contribution in [0.25, 0.3) is 0 Å². The molecule has 0 aliphatic rings. The lowest BCUT2D eigenvalue weighted by Gasteiger charge is -2.26. The van der Waals surface area contributed by atoms with Gasteiger partial charge in [0.25, 0.3) is 0 Å². The van der Waals surface area contributed by atoms with E-state index < -0.39 is 13.4 Å². The number of nitrogens with zero attached hydrogens (tertiary/aromatic N) is 1. The molecule has 1 aromatic rings. The summed E-state index contributed by atoms with van der Waals surface area (Å²) in [6.07, 6.45) is 2.49. The van der Waals surface area contributed by atoms with Crippen LogP contribution in [0.4, 0.5) is 0 Å². The first kappa shape index (κ1) is 18.4. The molecule has 0 amide bonds. The molecule has 1 atom stereocenters. The van der Waals surface area contributed by atoms with E-state index >= 15 is 0 Å². The van der Waals surface area contributed by atoms with Crippen molar-refractivity contribution in [2.45, 2.75) is 26.1 Å². The van der Waals surface area contributed by atoms with Gasteiger partial charge in [-0.15, -0.1) is 0 Å². The van der Waals surface area contributed by atoms with Crippen molar-refractivity contribution in [3.8, 4) is 0 Å². The molecular formula is C14H27N2O4P. The van der Waals surface area contributed by atoms with Crippen molar-refractivity contribution in [1.29, 1.82) is 0 Å². The zero-order valence-electron chi connectivity index (χ0n) is 13.4. The van der Waals surface area contributed by atoms with Gasteiger partial charge in [-0.25, -0.2) is 0 Å². The topological polar surface area (TPSA) is 63.9 Å². The van der Waals surface area contributed by atoms with Gasteiger partial charge in [0.2, 0.25) is 0 Å². The van der Waals surface area contributed by atoms with Crippen LogP contribution < -0.4 is 5.32 Å². The molecule has 0 saturated heterocycles. The van der Waals surface area contributed by atoms with E-state index in [9.17, 15) is 4.57 Å². The average Bonchev–Trinajstić information content (AvgIpc) is 2.92. The highest BCUT2D eigenvalue weighted by Crippen LogP contribution is 2.59. The molecule has 0 fully saturated rings. The number of rotatable bonds is 11. The highest BCUT2D eigenvalue weighted by atomic mass is 31.2. The van der Waals surface area contributed by atoms with Crippen molar-refractivity contribution in [2.24, 2.45) is 0 Å². The Morgan fingerprint density at radius 1 is 1.33 bits per heavy atom. The maximum absolute atomic E-state index is 13.0. The minimum Gasteiger partial charge on any atom is -0.467 e. The van der Waals surface area contributed by atoms with E-state index in [0.717, 1.165) is 13.0 Å². The van der Waals surface area contributed by atoms with Crippen molar-refractivity contribution < 1.29 is 18.0 Å². The summed E-state index contributed by atoms with van der Waals surface area (Å²) in [6, 6.07) is 3.56. The Morgan fingerprint density at radius 3 is 2.48 bits per heavy atom. The molecule has 7 heteroatoms. The molecule has 1 heterocycles. The van der Waals surface area contributed by atoms with Gasteiger partial charge in [-0.3, -0.25) is 9.88 Å². The van der Waals surface area contributed by atoms with E-state index in [1.165, 1.54) is 0 Å². The number of furan rings is 1. The van der Waals surface area contributed by atoms with Gasteiger partial charge in [-0.2, -0.15) is 0 Å². The molecule has 1 N–H and O–H groups in total.